The summed E-state index contributed by atoms with van der Waals surface area (Å²) in [6, 6.07) is 5.82. The molecule has 0 spiro atoms. The van der Waals surface area contributed by atoms with Crippen LogP contribution in [-0.2, 0) is 4.79 Å². The highest BCUT2D eigenvalue weighted by Gasteiger charge is 2.30. The van der Waals surface area contributed by atoms with Gasteiger partial charge in [-0.2, -0.15) is 0 Å². The molecule has 0 bridgehead atoms. The van der Waals surface area contributed by atoms with Crippen molar-refractivity contribution in [1.29, 1.82) is 0 Å². The molecule has 1 aromatic rings. The van der Waals surface area contributed by atoms with Crippen molar-refractivity contribution in [3.05, 3.63) is 24.4 Å². The van der Waals surface area contributed by atoms with Crippen LogP contribution in [0.15, 0.2) is 24.4 Å². The van der Waals surface area contributed by atoms with Crippen LogP contribution in [0.3, 0.4) is 0 Å². The highest BCUT2D eigenvalue weighted by Crippen LogP contribution is 2.22. The molecule has 2 aliphatic rings. The number of hydrogen-bond donors (Lipinski definition) is 2. The first-order valence-electron chi connectivity index (χ1n) is 7.50. The number of nitrogens with one attached hydrogen (secondary N) is 2. The van der Waals surface area contributed by atoms with Gasteiger partial charge in [-0.15, -0.1) is 0 Å². The van der Waals surface area contributed by atoms with Crippen LogP contribution in [0.2, 0.25) is 0 Å². The standard InChI is InChI=1S/C15H20N4O2/c20-14(18-13-3-1-2-8-16-13)11-6-9-19(10-7-11)15(21)17-12-4-5-12/h1-3,8,11-12H,4-7,9-10H2,(H,17,21)(H,16,18,20). The van der Waals surface area contributed by atoms with Gasteiger partial charge in [0.25, 0.3) is 0 Å². The monoisotopic (exact) mass is 288 g/mol. The minimum atomic E-state index is -0.0445. The van der Waals surface area contributed by atoms with Crippen molar-refractivity contribution in [2.24, 2.45) is 5.92 Å². The summed E-state index contributed by atoms with van der Waals surface area (Å²) in [5, 5.41) is 5.81. The Morgan fingerprint density at radius 1 is 1.14 bits per heavy atom. The van der Waals surface area contributed by atoms with E-state index in [2.05, 4.69) is 15.6 Å². The molecule has 1 saturated carbocycles. The van der Waals surface area contributed by atoms with Gasteiger partial charge in [-0.3, -0.25) is 4.79 Å². The van der Waals surface area contributed by atoms with Crippen LogP contribution in [0, 0.1) is 5.92 Å². The van der Waals surface area contributed by atoms with E-state index in [1.54, 1.807) is 12.3 Å². The Labute approximate surface area is 123 Å². The summed E-state index contributed by atoms with van der Waals surface area (Å²) >= 11 is 0. The molecule has 0 unspecified atom stereocenters. The third-order valence-corrected chi connectivity index (χ3v) is 3.97. The summed E-state index contributed by atoms with van der Waals surface area (Å²) in [6.45, 7) is 1.28. The Morgan fingerprint density at radius 2 is 1.90 bits per heavy atom. The second kappa shape index (κ2) is 6.11. The Balaban J connectivity index is 1.46. The smallest absolute Gasteiger partial charge is 0.317 e. The Morgan fingerprint density at radius 3 is 2.52 bits per heavy atom. The molecule has 1 aliphatic carbocycles. The van der Waals surface area contributed by atoms with E-state index in [9.17, 15) is 9.59 Å². The summed E-state index contributed by atoms with van der Waals surface area (Å²) in [4.78, 5) is 30.0. The summed E-state index contributed by atoms with van der Waals surface area (Å²) in [7, 11) is 0. The van der Waals surface area contributed by atoms with Gasteiger partial charge >= 0.3 is 6.03 Å². The third kappa shape index (κ3) is 3.71. The van der Waals surface area contributed by atoms with Crippen LogP contribution in [-0.4, -0.2) is 41.0 Å². The second-order valence-electron chi connectivity index (χ2n) is 5.69. The van der Waals surface area contributed by atoms with Crippen LogP contribution < -0.4 is 10.6 Å². The van der Waals surface area contributed by atoms with Gasteiger partial charge in [0, 0.05) is 31.2 Å². The minimum Gasteiger partial charge on any atom is -0.335 e. The highest BCUT2D eigenvalue weighted by molar-refractivity contribution is 5.91. The molecule has 1 aromatic heterocycles. The lowest BCUT2D eigenvalue weighted by Crippen LogP contribution is -2.46. The Kier molecular flexibility index (Phi) is 4.03. The largest absolute Gasteiger partial charge is 0.335 e. The van der Waals surface area contributed by atoms with E-state index in [0.29, 0.717) is 37.8 Å². The van der Waals surface area contributed by atoms with Gasteiger partial charge in [-0.05, 0) is 37.8 Å². The predicted molar refractivity (Wildman–Crippen MR) is 78.7 cm³/mol. The molecule has 6 nitrogen and oxygen atoms in total. The minimum absolute atomic E-state index is 0.00375. The van der Waals surface area contributed by atoms with Gasteiger partial charge in [0.1, 0.15) is 5.82 Å². The van der Waals surface area contributed by atoms with Crippen molar-refractivity contribution in [3.63, 3.8) is 0 Å². The first kappa shape index (κ1) is 13.9. The van der Waals surface area contributed by atoms with Crippen LogP contribution in [0.1, 0.15) is 25.7 Å². The lowest BCUT2D eigenvalue weighted by molar-refractivity contribution is -0.121. The first-order chi connectivity index (χ1) is 10.2. The lowest BCUT2D eigenvalue weighted by Gasteiger charge is -2.31. The van der Waals surface area contributed by atoms with Crippen molar-refractivity contribution >= 4 is 17.8 Å². The van der Waals surface area contributed by atoms with E-state index in [-0.39, 0.29) is 17.9 Å². The molecule has 21 heavy (non-hydrogen) atoms. The zero-order valence-electron chi connectivity index (χ0n) is 11.9. The average molecular weight is 288 g/mol. The zero-order chi connectivity index (χ0) is 14.7. The molecule has 1 aliphatic heterocycles. The van der Waals surface area contributed by atoms with E-state index < -0.39 is 0 Å². The molecule has 0 atom stereocenters. The molecule has 112 valence electrons. The molecule has 0 aromatic carbocycles. The van der Waals surface area contributed by atoms with Crippen LogP contribution in [0.4, 0.5) is 10.6 Å². The summed E-state index contributed by atoms with van der Waals surface area (Å²) in [5.74, 6) is 0.532. The normalized spacial score (nSPS) is 19.1. The number of hydrogen-bond acceptors (Lipinski definition) is 3. The molecule has 2 heterocycles. The van der Waals surface area contributed by atoms with Crippen LogP contribution >= 0.6 is 0 Å². The molecule has 3 amide bonds. The quantitative estimate of drug-likeness (QED) is 0.887. The van der Waals surface area contributed by atoms with Gasteiger partial charge in [0.15, 0.2) is 0 Å². The number of aromatic nitrogens is 1. The zero-order valence-corrected chi connectivity index (χ0v) is 11.9. The number of anilines is 1. The number of likely N-dealkylation sites (tertiary alicyclic amines) is 1. The molecule has 2 fully saturated rings. The number of carbonyl (C=O) groups excluding carboxylic acids is 2. The number of piperidine rings is 1. The van der Waals surface area contributed by atoms with Crippen molar-refractivity contribution < 1.29 is 9.59 Å². The highest BCUT2D eigenvalue weighted by atomic mass is 16.2. The molecular weight excluding hydrogens is 268 g/mol. The molecule has 6 heteroatoms. The van der Waals surface area contributed by atoms with Crippen molar-refractivity contribution in [1.82, 2.24) is 15.2 Å². The Bertz CT molecular complexity index is 508. The first-order valence-corrected chi connectivity index (χ1v) is 7.50. The number of nitrogens with zero attached hydrogens (tertiary/aromatic N) is 2. The number of rotatable bonds is 3. The van der Waals surface area contributed by atoms with Crippen molar-refractivity contribution in [3.8, 4) is 0 Å². The molecular formula is C15H20N4O2. The van der Waals surface area contributed by atoms with Gasteiger partial charge < -0.3 is 15.5 Å². The number of amides is 3. The van der Waals surface area contributed by atoms with Crippen LogP contribution in [0.25, 0.3) is 0 Å². The van der Waals surface area contributed by atoms with Gasteiger partial charge in [0.05, 0.1) is 0 Å². The van der Waals surface area contributed by atoms with E-state index in [1.165, 1.54) is 0 Å². The van der Waals surface area contributed by atoms with Crippen molar-refractivity contribution in [2.75, 3.05) is 18.4 Å². The maximum atomic E-state index is 12.2. The maximum Gasteiger partial charge on any atom is 0.317 e. The molecule has 2 N–H and O–H groups in total. The van der Waals surface area contributed by atoms with Crippen LogP contribution in [0.5, 0.6) is 0 Å². The number of carbonyl (C=O) groups is 2. The molecule has 0 radical (unpaired) electrons. The third-order valence-electron chi connectivity index (χ3n) is 3.97. The van der Waals surface area contributed by atoms with Crippen molar-refractivity contribution in [2.45, 2.75) is 31.7 Å². The maximum absolute atomic E-state index is 12.2. The summed E-state index contributed by atoms with van der Waals surface area (Å²) < 4.78 is 0. The topological polar surface area (TPSA) is 74.3 Å². The van der Waals surface area contributed by atoms with E-state index >= 15 is 0 Å². The summed E-state index contributed by atoms with van der Waals surface area (Å²) in [5.41, 5.74) is 0. The predicted octanol–water partition coefficient (Wildman–Crippen LogP) is 1.60. The lowest BCUT2D eigenvalue weighted by atomic mass is 9.96. The fraction of sp³-hybridized carbons (Fsp3) is 0.533. The fourth-order valence-corrected chi connectivity index (χ4v) is 2.50. The average Bonchev–Trinajstić information content (AvgIpc) is 3.32. The molecule has 3 rings (SSSR count). The number of pyridine rings is 1. The second-order valence-corrected chi connectivity index (χ2v) is 5.69. The summed E-state index contributed by atoms with van der Waals surface area (Å²) in [6.07, 6.45) is 5.25. The molecule has 1 saturated heterocycles. The van der Waals surface area contributed by atoms with E-state index in [4.69, 9.17) is 0 Å². The number of urea groups is 1. The van der Waals surface area contributed by atoms with Gasteiger partial charge in [-0.25, -0.2) is 9.78 Å². The Hall–Kier alpha value is -2.11. The SMILES string of the molecule is O=C(Nc1ccccn1)C1CCN(C(=O)NC2CC2)CC1. The fourth-order valence-electron chi connectivity index (χ4n) is 2.50. The van der Waals surface area contributed by atoms with E-state index in [1.807, 2.05) is 17.0 Å². The van der Waals surface area contributed by atoms with E-state index in [0.717, 1.165) is 12.8 Å². The van der Waals surface area contributed by atoms with Gasteiger partial charge in [0.2, 0.25) is 5.91 Å². The van der Waals surface area contributed by atoms with Gasteiger partial charge in [-0.1, -0.05) is 6.07 Å².